The molecule has 0 aliphatic carbocycles. The van der Waals surface area contributed by atoms with Crippen molar-refractivity contribution < 1.29 is 4.79 Å². The number of hydrogen-bond donors (Lipinski definition) is 1. The van der Waals surface area contributed by atoms with Gasteiger partial charge in [0.05, 0.1) is 12.4 Å². The van der Waals surface area contributed by atoms with Crippen LogP contribution in [0.4, 0.5) is 5.82 Å². The highest BCUT2D eigenvalue weighted by Crippen LogP contribution is 2.06. The van der Waals surface area contributed by atoms with Crippen LogP contribution in [0, 0.1) is 0 Å². The summed E-state index contributed by atoms with van der Waals surface area (Å²) in [4.78, 5) is 19.2. The van der Waals surface area contributed by atoms with Gasteiger partial charge in [0.2, 0.25) is 5.91 Å². The molecule has 0 atom stereocenters. The first kappa shape index (κ1) is 11.1. The normalized spacial score (nSPS) is 9.86. The number of carbonyl (C=O) groups is 1. The third-order valence-corrected chi connectivity index (χ3v) is 2.05. The van der Waals surface area contributed by atoms with E-state index in [2.05, 4.69) is 31.2 Å². The molecule has 0 aromatic carbocycles. The van der Waals surface area contributed by atoms with Crippen molar-refractivity contribution in [1.82, 2.24) is 9.97 Å². The highest BCUT2D eigenvalue weighted by atomic mass is 79.9. The van der Waals surface area contributed by atoms with Gasteiger partial charge < -0.3 is 5.32 Å². The number of rotatable bonds is 4. The van der Waals surface area contributed by atoms with Crippen LogP contribution in [0.2, 0.25) is 0 Å². The summed E-state index contributed by atoms with van der Waals surface area (Å²) < 4.78 is 0.657. The van der Waals surface area contributed by atoms with Crippen LogP contribution in [0.15, 0.2) is 17.0 Å². The second kappa shape index (κ2) is 5.70. The lowest BCUT2D eigenvalue weighted by atomic mass is 10.2. The molecule has 0 unspecified atom stereocenters. The fraction of sp³-hybridized carbons (Fsp3) is 0.444. The van der Waals surface area contributed by atoms with E-state index >= 15 is 0 Å². The molecule has 0 spiro atoms. The van der Waals surface area contributed by atoms with E-state index in [0.29, 0.717) is 16.8 Å². The first-order valence-electron chi connectivity index (χ1n) is 4.49. The van der Waals surface area contributed by atoms with Gasteiger partial charge in [-0.25, -0.2) is 9.97 Å². The van der Waals surface area contributed by atoms with E-state index in [-0.39, 0.29) is 5.91 Å². The lowest BCUT2D eigenvalue weighted by Crippen LogP contribution is -2.12. The fourth-order valence-corrected chi connectivity index (χ4v) is 1.12. The number of hydrogen-bond acceptors (Lipinski definition) is 3. The SMILES string of the molecule is CCCCC(=O)Nc1cnc(Br)cn1. The molecule has 1 amide bonds. The van der Waals surface area contributed by atoms with Crippen LogP contribution in [0.5, 0.6) is 0 Å². The Morgan fingerprint density at radius 3 is 2.86 bits per heavy atom. The lowest BCUT2D eigenvalue weighted by Gasteiger charge is -2.02. The molecule has 0 aliphatic heterocycles. The van der Waals surface area contributed by atoms with Gasteiger partial charge in [-0.3, -0.25) is 4.79 Å². The van der Waals surface area contributed by atoms with Crippen molar-refractivity contribution in [3.63, 3.8) is 0 Å². The van der Waals surface area contributed by atoms with Crippen LogP contribution < -0.4 is 5.32 Å². The summed E-state index contributed by atoms with van der Waals surface area (Å²) in [5.41, 5.74) is 0. The number of carbonyl (C=O) groups excluding carboxylic acids is 1. The molecular weight excluding hydrogens is 246 g/mol. The summed E-state index contributed by atoms with van der Waals surface area (Å²) in [6.07, 6.45) is 5.52. The Kier molecular flexibility index (Phi) is 4.52. The van der Waals surface area contributed by atoms with Crippen LogP contribution >= 0.6 is 15.9 Å². The number of amides is 1. The van der Waals surface area contributed by atoms with Gasteiger partial charge in [-0.1, -0.05) is 13.3 Å². The predicted octanol–water partition coefficient (Wildman–Crippen LogP) is 2.37. The van der Waals surface area contributed by atoms with E-state index in [9.17, 15) is 4.79 Å². The van der Waals surface area contributed by atoms with Gasteiger partial charge >= 0.3 is 0 Å². The molecule has 14 heavy (non-hydrogen) atoms. The second-order valence-electron chi connectivity index (χ2n) is 2.88. The zero-order chi connectivity index (χ0) is 10.4. The van der Waals surface area contributed by atoms with Crippen LogP contribution in [0.25, 0.3) is 0 Å². The van der Waals surface area contributed by atoms with Crippen molar-refractivity contribution in [2.45, 2.75) is 26.2 Å². The summed E-state index contributed by atoms with van der Waals surface area (Å²) >= 11 is 3.17. The molecule has 0 radical (unpaired) electrons. The first-order chi connectivity index (χ1) is 6.72. The molecule has 0 saturated carbocycles. The summed E-state index contributed by atoms with van der Waals surface area (Å²) in [5, 5.41) is 2.67. The Balaban J connectivity index is 2.44. The lowest BCUT2D eigenvalue weighted by molar-refractivity contribution is -0.116. The maximum atomic E-state index is 11.3. The standard InChI is InChI=1S/C9H12BrN3O/c1-2-3-4-9(14)13-8-6-11-7(10)5-12-8/h5-6H,2-4H2,1H3,(H,12,13,14). The molecule has 0 fully saturated rings. The average Bonchev–Trinajstić information content (AvgIpc) is 2.18. The Hall–Kier alpha value is -0.970. The smallest absolute Gasteiger partial charge is 0.225 e. The van der Waals surface area contributed by atoms with E-state index < -0.39 is 0 Å². The zero-order valence-corrected chi connectivity index (χ0v) is 9.54. The average molecular weight is 258 g/mol. The van der Waals surface area contributed by atoms with E-state index in [0.717, 1.165) is 12.8 Å². The van der Waals surface area contributed by atoms with Gasteiger partial charge in [-0.2, -0.15) is 0 Å². The molecule has 4 nitrogen and oxygen atoms in total. The Morgan fingerprint density at radius 2 is 2.29 bits per heavy atom. The molecule has 1 rings (SSSR count). The van der Waals surface area contributed by atoms with Crippen LogP contribution in [-0.4, -0.2) is 15.9 Å². The van der Waals surface area contributed by atoms with Crippen molar-refractivity contribution in [3.05, 3.63) is 17.0 Å². The topological polar surface area (TPSA) is 54.9 Å². The number of unbranched alkanes of at least 4 members (excludes halogenated alkanes) is 1. The van der Waals surface area contributed by atoms with E-state index in [1.807, 2.05) is 6.92 Å². The van der Waals surface area contributed by atoms with Crippen molar-refractivity contribution in [2.24, 2.45) is 0 Å². The van der Waals surface area contributed by atoms with Gasteiger partial charge in [-0.15, -0.1) is 0 Å². The highest BCUT2D eigenvalue weighted by molar-refractivity contribution is 9.10. The number of anilines is 1. The maximum Gasteiger partial charge on any atom is 0.225 e. The van der Waals surface area contributed by atoms with Gasteiger partial charge in [-0.05, 0) is 22.4 Å². The molecule has 0 bridgehead atoms. The quantitative estimate of drug-likeness (QED) is 0.901. The number of nitrogens with zero attached hydrogens (tertiary/aromatic N) is 2. The number of nitrogens with one attached hydrogen (secondary N) is 1. The van der Waals surface area contributed by atoms with Gasteiger partial charge in [0.15, 0.2) is 5.82 Å². The summed E-state index contributed by atoms with van der Waals surface area (Å²) in [5.74, 6) is 0.484. The molecular formula is C9H12BrN3O. The molecule has 1 heterocycles. The van der Waals surface area contributed by atoms with E-state index in [1.54, 1.807) is 6.20 Å². The number of aromatic nitrogens is 2. The first-order valence-corrected chi connectivity index (χ1v) is 5.29. The monoisotopic (exact) mass is 257 g/mol. The van der Waals surface area contributed by atoms with Crippen LogP contribution in [0.1, 0.15) is 26.2 Å². The molecule has 5 heteroatoms. The van der Waals surface area contributed by atoms with E-state index in [4.69, 9.17) is 0 Å². The summed E-state index contributed by atoms with van der Waals surface area (Å²) in [6.45, 7) is 2.05. The van der Waals surface area contributed by atoms with Crippen LogP contribution in [0.3, 0.4) is 0 Å². The molecule has 0 aliphatic rings. The minimum Gasteiger partial charge on any atom is -0.309 e. The molecule has 0 saturated heterocycles. The van der Waals surface area contributed by atoms with Crippen molar-refractivity contribution in [3.8, 4) is 0 Å². The summed E-state index contributed by atoms with van der Waals surface area (Å²) in [6, 6.07) is 0. The van der Waals surface area contributed by atoms with Gasteiger partial charge in [0, 0.05) is 6.42 Å². The predicted molar refractivity (Wildman–Crippen MR) is 57.9 cm³/mol. The number of halogens is 1. The Labute approximate surface area is 91.3 Å². The minimum absolute atomic E-state index is 0.0107. The second-order valence-corrected chi connectivity index (χ2v) is 3.69. The Bertz CT molecular complexity index is 299. The molecule has 1 N–H and O–H groups in total. The molecule has 76 valence electrons. The largest absolute Gasteiger partial charge is 0.309 e. The van der Waals surface area contributed by atoms with Crippen molar-refractivity contribution >= 4 is 27.7 Å². The van der Waals surface area contributed by atoms with Crippen LogP contribution in [-0.2, 0) is 4.79 Å². The van der Waals surface area contributed by atoms with Gasteiger partial charge in [0.25, 0.3) is 0 Å². The molecule has 1 aromatic heterocycles. The Morgan fingerprint density at radius 1 is 1.50 bits per heavy atom. The van der Waals surface area contributed by atoms with Crippen molar-refractivity contribution in [1.29, 1.82) is 0 Å². The van der Waals surface area contributed by atoms with Crippen molar-refractivity contribution in [2.75, 3.05) is 5.32 Å². The van der Waals surface area contributed by atoms with E-state index in [1.165, 1.54) is 6.20 Å². The zero-order valence-electron chi connectivity index (χ0n) is 7.96. The molecule has 1 aromatic rings. The highest BCUT2D eigenvalue weighted by Gasteiger charge is 2.02. The third-order valence-electron chi connectivity index (χ3n) is 1.65. The fourth-order valence-electron chi connectivity index (χ4n) is 0.920. The van der Waals surface area contributed by atoms with Gasteiger partial charge in [0.1, 0.15) is 4.60 Å². The minimum atomic E-state index is -0.0107. The summed E-state index contributed by atoms with van der Waals surface area (Å²) in [7, 11) is 0. The maximum absolute atomic E-state index is 11.3. The third kappa shape index (κ3) is 3.83.